The van der Waals surface area contributed by atoms with E-state index >= 15 is 0 Å². The third-order valence-electron chi connectivity index (χ3n) is 2.67. The Labute approximate surface area is 92.1 Å². The molecule has 88 valence electrons. The van der Waals surface area contributed by atoms with Crippen LogP contribution in [0.25, 0.3) is 0 Å². The van der Waals surface area contributed by atoms with Crippen molar-refractivity contribution in [2.75, 3.05) is 31.1 Å². The van der Waals surface area contributed by atoms with E-state index in [0.29, 0.717) is 13.1 Å². The number of benzene rings is 1. The summed E-state index contributed by atoms with van der Waals surface area (Å²) < 4.78 is 38.3. The molecule has 0 amide bonds. The summed E-state index contributed by atoms with van der Waals surface area (Å²) in [5.74, 6) is 0. The molecule has 0 atom stereocenters. The van der Waals surface area contributed by atoms with Crippen LogP contribution >= 0.6 is 0 Å². The first-order chi connectivity index (χ1) is 7.59. The van der Waals surface area contributed by atoms with Crippen LogP contribution in [0.4, 0.5) is 18.9 Å². The Morgan fingerprint density at radius 3 is 2.31 bits per heavy atom. The van der Waals surface area contributed by atoms with Gasteiger partial charge in [0, 0.05) is 31.9 Å². The molecule has 1 aromatic carbocycles. The quantitative estimate of drug-likeness (QED) is 0.795. The highest BCUT2D eigenvalue weighted by Gasteiger charge is 2.34. The zero-order chi connectivity index (χ0) is 11.6. The number of anilines is 1. The van der Waals surface area contributed by atoms with Crippen LogP contribution in [0, 0.1) is 0 Å². The molecule has 1 saturated heterocycles. The summed E-state index contributed by atoms with van der Waals surface area (Å²) in [4.78, 5) is 1.78. The van der Waals surface area contributed by atoms with E-state index in [1.165, 1.54) is 12.1 Å². The predicted molar refractivity (Wildman–Crippen MR) is 56.5 cm³/mol. The summed E-state index contributed by atoms with van der Waals surface area (Å²) in [5.41, 5.74) is -0.256. The monoisotopic (exact) mass is 230 g/mol. The van der Waals surface area contributed by atoms with Crippen molar-refractivity contribution in [3.63, 3.8) is 0 Å². The third-order valence-corrected chi connectivity index (χ3v) is 2.67. The first kappa shape index (κ1) is 11.3. The van der Waals surface area contributed by atoms with Gasteiger partial charge < -0.3 is 10.2 Å². The van der Waals surface area contributed by atoms with Crippen LogP contribution < -0.4 is 10.2 Å². The minimum Gasteiger partial charge on any atom is -0.368 e. The highest BCUT2D eigenvalue weighted by Crippen LogP contribution is 2.36. The van der Waals surface area contributed by atoms with Gasteiger partial charge in [0.15, 0.2) is 0 Å². The molecule has 0 saturated carbocycles. The van der Waals surface area contributed by atoms with E-state index in [-0.39, 0.29) is 5.69 Å². The van der Waals surface area contributed by atoms with Gasteiger partial charge in [0.25, 0.3) is 0 Å². The van der Waals surface area contributed by atoms with Crippen molar-refractivity contribution in [2.45, 2.75) is 6.18 Å². The van der Waals surface area contributed by atoms with Gasteiger partial charge in [0.05, 0.1) is 5.56 Å². The highest BCUT2D eigenvalue weighted by atomic mass is 19.4. The van der Waals surface area contributed by atoms with Gasteiger partial charge in [-0.25, -0.2) is 0 Å². The van der Waals surface area contributed by atoms with E-state index in [4.69, 9.17) is 0 Å². The fourth-order valence-electron chi connectivity index (χ4n) is 1.89. The first-order valence-electron chi connectivity index (χ1n) is 5.21. The summed E-state index contributed by atoms with van der Waals surface area (Å²) in [6.45, 7) is 2.69. The van der Waals surface area contributed by atoms with Crippen LogP contribution in [-0.4, -0.2) is 26.2 Å². The normalized spacial score (nSPS) is 17.6. The Hall–Kier alpha value is -1.23. The second-order valence-corrected chi connectivity index (χ2v) is 3.75. The number of piperazine rings is 1. The second-order valence-electron chi connectivity index (χ2n) is 3.75. The maximum absolute atomic E-state index is 12.8. The van der Waals surface area contributed by atoms with Gasteiger partial charge in [0.2, 0.25) is 0 Å². The van der Waals surface area contributed by atoms with Gasteiger partial charge in [-0.15, -0.1) is 0 Å². The SMILES string of the molecule is FC(F)(F)c1ccccc1N1CCNCC1. The molecular formula is C11H13F3N2. The van der Waals surface area contributed by atoms with Gasteiger partial charge in [-0.3, -0.25) is 0 Å². The number of para-hydroxylation sites is 1. The molecule has 1 aliphatic rings. The molecule has 0 aliphatic carbocycles. The number of rotatable bonds is 1. The molecule has 16 heavy (non-hydrogen) atoms. The molecule has 0 spiro atoms. The standard InChI is InChI=1S/C11H13F3N2/c12-11(13,14)9-3-1-2-4-10(9)16-7-5-15-6-8-16/h1-4,15H,5-8H2. The fourth-order valence-corrected chi connectivity index (χ4v) is 1.89. The van der Waals surface area contributed by atoms with Crippen LogP contribution in [0.5, 0.6) is 0 Å². The van der Waals surface area contributed by atoms with Gasteiger partial charge in [-0.1, -0.05) is 12.1 Å². The van der Waals surface area contributed by atoms with E-state index in [0.717, 1.165) is 19.2 Å². The predicted octanol–water partition coefficient (Wildman–Crippen LogP) is 2.11. The molecule has 0 unspecified atom stereocenters. The maximum atomic E-state index is 12.8. The van der Waals surface area contributed by atoms with Crippen molar-refractivity contribution in [3.8, 4) is 0 Å². The lowest BCUT2D eigenvalue weighted by atomic mass is 10.1. The van der Waals surface area contributed by atoms with Crippen LogP contribution in [0.2, 0.25) is 0 Å². The molecular weight excluding hydrogens is 217 g/mol. The summed E-state index contributed by atoms with van der Waals surface area (Å²) >= 11 is 0. The van der Waals surface area contributed by atoms with Crippen LogP contribution in [0.15, 0.2) is 24.3 Å². The summed E-state index contributed by atoms with van der Waals surface area (Å²) in [6, 6.07) is 5.74. The third kappa shape index (κ3) is 2.29. The summed E-state index contributed by atoms with van der Waals surface area (Å²) in [7, 11) is 0. The van der Waals surface area contributed by atoms with Gasteiger partial charge in [-0.05, 0) is 12.1 Å². The molecule has 0 radical (unpaired) electrons. The molecule has 0 bridgehead atoms. The lowest BCUT2D eigenvalue weighted by molar-refractivity contribution is -0.137. The van der Waals surface area contributed by atoms with Crippen molar-refractivity contribution in [3.05, 3.63) is 29.8 Å². The molecule has 0 aromatic heterocycles. The molecule has 5 heteroatoms. The van der Waals surface area contributed by atoms with Crippen molar-refractivity contribution in [2.24, 2.45) is 0 Å². The van der Waals surface area contributed by atoms with Crippen molar-refractivity contribution < 1.29 is 13.2 Å². The minimum absolute atomic E-state index is 0.288. The number of nitrogens with one attached hydrogen (secondary N) is 1. The summed E-state index contributed by atoms with van der Waals surface area (Å²) in [5, 5.41) is 3.12. The lowest BCUT2D eigenvalue weighted by Gasteiger charge is -2.31. The average Bonchev–Trinajstić information content (AvgIpc) is 2.29. The average molecular weight is 230 g/mol. The zero-order valence-corrected chi connectivity index (χ0v) is 8.72. The van der Waals surface area contributed by atoms with Crippen molar-refractivity contribution >= 4 is 5.69 Å². The molecule has 2 nitrogen and oxygen atoms in total. The molecule has 1 aromatic rings. The highest BCUT2D eigenvalue weighted by molar-refractivity contribution is 5.55. The molecule has 1 N–H and O–H groups in total. The van der Waals surface area contributed by atoms with Crippen LogP contribution in [0.3, 0.4) is 0 Å². The topological polar surface area (TPSA) is 15.3 Å². The maximum Gasteiger partial charge on any atom is 0.418 e. The smallest absolute Gasteiger partial charge is 0.368 e. The van der Waals surface area contributed by atoms with E-state index in [2.05, 4.69) is 5.32 Å². The van der Waals surface area contributed by atoms with Crippen molar-refractivity contribution in [1.29, 1.82) is 0 Å². The first-order valence-corrected chi connectivity index (χ1v) is 5.21. The Bertz CT molecular complexity index is 356. The summed E-state index contributed by atoms with van der Waals surface area (Å²) in [6.07, 6.45) is -4.28. The number of halogens is 3. The molecule has 2 rings (SSSR count). The van der Waals surface area contributed by atoms with Crippen LogP contribution in [0.1, 0.15) is 5.56 Å². The van der Waals surface area contributed by atoms with Crippen LogP contribution in [-0.2, 0) is 6.18 Å². The van der Waals surface area contributed by atoms with Gasteiger partial charge >= 0.3 is 6.18 Å². The van der Waals surface area contributed by atoms with Gasteiger partial charge in [-0.2, -0.15) is 13.2 Å². The van der Waals surface area contributed by atoms with Gasteiger partial charge in [0.1, 0.15) is 0 Å². The largest absolute Gasteiger partial charge is 0.418 e. The Morgan fingerprint density at radius 2 is 1.69 bits per heavy atom. The Kier molecular flexibility index (Phi) is 3.05. The van der Waals surface area contributed by atoms with E-state index in [1.54, 1.807) is 11.0 Å². The molecule has 1 heterocycles. The minimum atomic E-state index is -4.28. The molecule has 1 aliphatic heterocycles. The lowest BCUT2D eigenvalue weighted by Crippen LogP contribution is -2.44. The molecule has 1 fully saturated rings. The van der Waals surface area contributed by atoms with Crippen molar-refractivity contribution in [1.82, 2.24) is 5.32 Å². The number of hydrogen-bond acceptors (Lipinski definition) is 2. The zero-order valence-electron chi connectivity index (χ0n) is 8.72. The number of nitrogens with zero attached hydrogens (tertiary/aromatic N) is 1. The van der Waals surface area contributed by atoms with E-state index in [9.17, 15) is 13.2 Å². The number of hydrogen-bond donors (Lipinski definition) is 1. The second kappa shape index (κ2) is 4.33. The Morgan fingerprint density at radius 1 is 1.06 bits per heavy atom. The Balaban J connectivity index is 2.32. The fraction of sp³-hybridized carbons (Fsp3) is 0.455. The van der Waals surface area contributed by atoms with E-state index < -0.39 is 11.7 Å². The number of alkyl halides is 3. The van der Waals surface area contributed by atoms with E-state index in [1.807, 2.05) is 0 Å².